The number of amides is 1. The lowest BCUT2D eigenvalue weighted by Crippen LogP contribution is -2.27. The third-order valence-corrected chi connectivity index (χ3v) is 6.40. The summed E-state index contributed by atoms with van der Waals surface area (Å²) in [7, 11) is 0. The van der Waals surface area contributed by atoms with Gasteiger partial charge in [0.05, 0.1) is 5.75 Å². The molecule has 0 aliphatic carbocycles. The van der Waals surface area contributed by atoms with Gasteiger partial charge in [-0.3, -0.25) is 9.36 Å². The van der Waals surface area contributed by atoms with E-state index in [2.05, 4.69) is 46.0 Å². The van der Waals surface area contributed by atoms with Crippen LogP contribution in [0.5, 0.6) is 0 Å². The average molecular weight is 435 g/mol. The van der Waals surface area contributed by atoms with E-state index in [-0.39, 0.29) is 5.91 Å². The van der Waals surface area contributed by atoms with Crippen LogP contribution in [0.1, 0.15) is 10.4 Å². The van der Waals surface area contributed by atoms with Crippen LogP contribution in [0.25, 0.3) is 17.1 Å². The van der Waals surface area contributed by atoms with Crippen LogP contribution in [-0.2, 0) is 11.2 Å². The molecule has 5 nitrogen and oxygen atoms in total. The Morgan fingerprint density at radius 2 is 1.93 bits per heavy atom. The summed E-state index contributed by atoms with van der Waals surface area (Å²) in [5.41, 5.74) is 3.13. The van der Waals surface area contributed by atoms with E-state index in [0.717, 1.165) is 29.1 Å². The summed E-state index contributed by atoms with van der Waals surface area (Å²) >= 11 is 3.11. The van der Waals surface area contributed by atoms with Gasteiger partial charge < -0.3 is 5.32 Å². The number of carbonyl (C=O) groups excluding carboxylic acids is 1. The molecule has 0 fully saturated rings. The molecule has 2 aromatic carbocycles. The van der Waals surface area contributed by atoms with Crippen molar-refractivity contribution in [2.45, 2.75) is 18.5 Å². The number of aryl methyl sites for hydroxylation is 1. The molecule has 2 aromatic heterocycles. The lowest BCUT2D eigenvalue weighted by molar-refractivity contribution is -0.118. The van der Waals surface area contributed by atoms with Crippen LogP contribution in [0.2, 0.25) is 0 Å². The van der Waals surface area contributed by atoms with Gasteiger partial charge in [-0.2, -0.15) is 0 Å². The van der Waals surface area contributed by atoms with Crippen molar-refractivity contribution in [2.24, 2.45) is 0 Å². The molecule has 0 unspecified atom stereocenters. The molecule has 1 amide bonds. The highest BCUT2D eigenvalue weighted by Gasteiger charge is 2.17. The van der Waals surface area contributed by atoms with Crippen molar-refractivity contribution in [3.8, 4) is 17.1 Å². The van der Waals surface area contributed by atoms with Gasteiger partial charge in [-0.15, -0.1) is 21.5 Å². The molecule has 30 heavy (non-hydrogen) atoms. The average Bonchev–Trinajstić information content (AvgIpc) is 3.43. The zero-order valence-corrected chi connectivity index (χ0v) is 18.2. The maximum atomic E-state index is 12.3. The van der Waals surface area contributed by atoms with Crippen molar-refractivity contribution in [1.82, 2.24) is 20.1 Å². The first-order valence-electron chi connectivity index (χ1n) is 9.70. The quantitative estimate of drug-likeness (QED) is 0.406. The number of nitrogens with zero attached hydrogens (tertiary/aromatic N) is 3. The minimum absolute atomic E-state index is 0.00345. The highest BCUT2D eigenvalue weighted by atomic mass is 32.2. The maximum Gasteiger partial charge on any atom is 0.230 e. The van der Waals surface area contributed by atoms with Gasteiger partial charge in [0.1, 0.15) is 0 Å². The third-order valence-electron chi connectivity index (χ3n) is 4.53. The number of carbonyl (C=O) groups is 1. The number of aromatic nitrogens is 3. The van der Waals surface area contributed by atoms with Crippen LogP contribution in [0, 0.1) is 6.92 Å². The summed E-state index contributed by atoms with van der Waals surface area (Å²) in [5.74, 6) is 1.06. The highest BCUT2D eigenvalue weighted by Crippen LogP contribution is 2.28. The van der Waals surface area contributed by atoms with E-state index in [1.54, 1.807) is 11.3 Å². The molecule has 0 atom stereocenters. The van der Waals surface area contributed by atoms with Gasteiger partial charge in [-0.1, -0.05) is 59.8 Å². The van der Waals surface area contributed by atoms with E-state index in [0.29, 0.717) is 17.5 Å². The number of hydrogen-bond acceptors (Lipinski definition) is 5. The second-order valence-corrected chi connectivity index (χ2v) is 8.79. The normalized spacial score (nSPS) is 10.8. The molecule has 2 heterocycles. The fourth-order valence-corrected chi connectivity index (χ4v) is 4.60. The Bertz CT molecular complexity index is 1110. The topological polar surface area (TPSA) is 59.8 Å². The van der Waals surface area contributed by atoms with Crippen LogP contribution in [-0.4, -0.2) is 33.0 Å². The van der Waals surface area contributed by atoms with Crippen LogP contribution < -0.4 is 5.32 Å². The largest absolute Gasteiger partial charge is 0.355 e. The van der Waals surface area contributed by atoms with Gasteiger partial charge in [0.25, 0.3) is 0 Å². The van der Waals surface area contributed by atoms with Gasteiger partial charge in [0.15, 0.2) is 11.0 Å². The molecular weight excluding hydrogens is 412 g/mol. The Balaban J connectivity index is 1.49. The van der Waals surface area contributed by atoms with E-state index in [1.165, 1.54) is 16.6 Å². The van der Waals surface area contributed by atoms with Gasteiger partial charge in [-0.05, 0) is 43.0 Å². The lowest BCUT2D eigenvalue weighted by atomic mass is 10.1. The standard InChI is InChI=1S/C23H22N4OS2/c1-17-7-5-8-18(15-17)22-25-26-23(27(22)19-9-3-2-4-10-19)30-16-21(28)24-13-12-20-11-6-14-29-20/h2-11,14-15H,12-13,16H2,1H3,(H,24,28). The summed E-state index contributed by atoms with van der Waals surface area (Å²) in [6.07, 6.45) is 0.853. The summed E-state index contributed by atoms with van der Waals surface area (Å²) in [5, 5.41) is 14.6. The van der Waals surface area contributed by atoms with E-state index in [4.69, 9.17) is 0 Å². The first kappa shape index (κ1) is 20.4. The number of nitrogens with one attached hydrogen (secondary N) is 1. The lowest BCUT2D eigenvalue weighted by Gasteiger charge is -2.11. The zero-order valence-electron chi connectivity index (χ0n) is 16.6. The van der Waals surface area contributed by atoms with Crippen molar-refractivity contribution in [1.29, 1.82) is 0 Å². The SMILES string of the molecule is Cc1cccc(-c2nnc(SCC(=O)NCCc3cccs3)n2-c2ccccc2)c1. The third kappa shape index (κ3) is 4.98. The fraction of sp³-hybridized carbons (Fsp3) is 0.174. The van der Waals surface area contributed by atoms with Crippen LogP contribution >= 0.6 is 23.1 Å². The van der Waals surface area contributed by atoms with Crippen molar-refractivity contribution < 1.29 is 4.79 Å². The Morgan fingerprint density at radius 1 is 1.07 bits per heavy atom. The van der Waals surface area contributed by atoms with E-state index in [1.807, 2.05) is 53.1 Å². The number of thioether (sulfide) groups is 1. The summed E-state index contributed by atoms with van der Waals surface area (Å²) in [6.45, 7) is 2.70. The van der Waals surface area contributed by atoms with Gasteiger partial charge in [-0.25, -0.2) is 0 Å². The predicted octanol–water partition coefficient (Wildman–Crippen LogP) is 4.76. The van der Waals surface area contributed by atoms with Crippen LogP contribution in [0.4, 0.5) is 0 Å². The summed E-state index contributed by atoms with van der Waals surface area (Å²) in [4.78, 5) is 13.6. The molecule has 0 aliphatic rings. The summed E-state index contributed by atoms with van der Waals surface area (Å²) < 4.78 is 2.01. The molecule has 152 valence electrons. The minimum atomic E-state index is -0.00345. The molecule has 0 saturated heterocycles. The molecule has 4 aromatic rings. The zero-order chi connectivity index (χ0) is 20.8. The minimum Gasteiger partial charge on any atom is -0.355 e. The number of hydrogen-bond donors (Lipinski definition) is 1. The first-order valence-corrected chi connectivity index (χ1v) is 11.6. The molecule has 0 aliphatic heterocycles. The molecule has 0 bridgehead atoms. The molecular formula is C23H22N4OS2. The number of para-hydroxylation sites is 1. The highest BCUT2D eigenvalue weighted by molar-refractivity contribution is 7.99. The van der Waals surface area contributed by atoms with Crippen molar-refractivity contribution in [3.63, 3.8) is 0 Å². The Kier molecular flexibility index (Phi) is 6.61. The van der Waals surface area contributed by atoms with Gasteiger partial charge >= 0.3 is 0 Å². The molecule has 4 rings (SSSR count). The second-order valence-electron chi connectivity index (χ2n) is 6.81. The molecule has 0 saturated carbocycles. The monoisotopic (exact) mass is 434 g/mol. The number of benzene rings is 2. The number of thiophene rings is 1. The molecule has 0 spiro atoms. The number of rotatable bonds is 8. The summed E-state index contributed by atoms with van der Waals surface area (Å²) in [6, 6.07) is 22.3. The Hall–Kier alpha value is -2.90. The Morgan fingerprint density at radius 3 is 2.70 bits per heavy atom. The van der Waals surface area contributed by atoms with Gasteiger partial charge in [0, 0.05) is 22.7 Å². The van der Waals surface area contributed by atoms with Crippen molar-refractivity contribution in [2.75, 3.05) is 12.3 Å². The van der Waals surface area contributed by atoms with Gasteiger partial charge in [0.2, 0.25) is 5.91 Å². The second kappa shape index (κ2) is 9.73. The van der Waals surface area contributed by atoms with E-state index in [9.17, 15) is 4.79 Å². The Labute approximate surface area is 184 Å². The van der Waals surface area contributed by atoms with Crippen LogP contribution in [0.3, 0.4) is 0 Å². The smallest absolute Gasteiger partial charge is 0.230 e. The predicted molar refractivity (Wildman–Crippen MR) is 123 cm³/mol. The maximum absolute atomic E-state index is 12.3. The van der Waals surface area contributed by atoms with Crippen molar-refractivity contribution in [3.05, 3.63) is 82.6 Å². The van der Waals surface area contributed by atoms with E-state index >= 15 is 0 Å². The molecule has 1 N–H and O–H groups in total. The first-order chi connectivity index (χ1) is 14.7. The van der Waals surface area contributed by atoms with Crippen molar-refractivity contribution >= 4 is 29.0 Å². The van der Waals surface area contributed by atoms with Crippen LogP contribution in [0.15, 0.2) is 77.3 Å². The fourth-order valence-electron chi connectivity index (χ4n) is 3.11. The van der Waals surface area contributed by atoms with E-state index < -0.39 is 0 Å². The molecule has 7 heteroatoms. The molecule has 0 radical (unpaired) electrons.